The van der Waals surface area contributed by atoms with Gasteiger partial charge in [0.25, 0.3) is 0 Å². The summed E-state index contributed by atoms with van der Waals surface area (Å²) in [4.78, 5) is 25.0. The summed E-state index contributed by atoms with van der Waals surface area (Å²) in [6.07, 6.45) is 2.48. The van der Waals surface area contributed by atoms with Crippen LogP contribution >= 0.6 is 0 Å². The maximum Gasteiger partial charge on any atom is 0.307 e. The van der Waals surface area contributed by atoms with Crippen LogP contribution in [0.5, 0.6) is 0 Å². The van der Waals surface area contributed by atoms with Gasteiger partial charge in [0.15, 0.2) is 0 Å². The molecule has 0 saturated heterocycles. The number of hydrogen-bond acceptors (Lipinski definition) is 3. The molecule has 4 nitrogen and oxygen atoms in total. The highest BCUT2D eigenvalue weighted by Gasteiger charge is 2.13. The maximum absolute atomic E-state index is 12.1. The molecule has 4 heteroatoms. The molecule has 0 aliphatic rings. The van der Waals surface area contributed by atoms with E-state index < -0.39 is 0 Å². The first-order valence-corrected chi connectivity index (χ1v) is 7.53. The molecule has 0 aliphatic carbocycles. The van der Waals surface area contributed by atoms with E-state index in [4.69, 9.17) is 0 Å². The van der Waals surface area contributed by atoms with Crippen LogP contribution in [0.1, 0.15) is 37.8 Å². The average molecular weight is 291 g/mol. The third-order valence-corrected chi connectivity index (χ3v) is 3.61. The van der Waals surface area contributed by atoms with Crippen molar-refractivity contribution in [2.75, 3.05) is 20.2 Å². The molecule has 1 amide bonds. The average Bonchev–Trinajstić information content (AvgIpc) is 2.53. The number of rotatable bonds is 8. The maximum atomic E-state index is 12.1. The lowest BCUT2D eigenvalue weighted by Gasteiger charge is -2.20. The SMILES string of the molecule is CCc1ccc(CCC(=O)N(CC)CCC(=O)OC)cc1. The number of aryl methyl sites for hydroxylation is 2. The summed E-state index contributed by atoms with van der Waals surface area (Å²) >= 11 is 0. The Morgan fingerprint density at radius 3 is 2.19 bits per heavy atom. The zero-order valence-electron chi connectivity index (χ0n) is 13.2. The van der Waals surface area contributed by atoms with Crippen LogP contribution < -0.4 is 0 Å². The zero-order valence-corrected chi connectivity index (χ0v) is 13.2. The predicted octanol–water partition coefficient (Wildman–Crippen LogP) is 2.59. The fraction of sp³-hybridized carbons (Fsp3) is 0.529. The van der Waals surface area contributed by atoms with Gasteiger partial charge in [-0.15, -0.1) is 0 Å². The first-order valence-electron chi connectivity index (χ1n) is 7.53. The van der Waals surface area contributed by atoms with Gasteiger partial charge in [-0.1, -0.05) is 31.2 Å². The molecular weight excluding hydrogens is 266 g/mol. The lowest BCUT2D eigenvalue weighted by atomic mass is 10.1. The first-order chi connectivity index (χ1) is 10.1. The third kappa shape index (κ3) is 5.98. The number of methoxy groups -OCH3 is 1. The normalized spacial score (nSPS) is 10.2. The number of nitrogens with zero attached hydrogens (tertiary/aromatic N) is 1. The molecule has 0 atom stereocenters. The second kappa shape index (κ2) is 9.16. The van der Waals surface area contributed by atoms with Crippen molar-refractivity contribution in [3.63, 3.8) is 0 Å². The topological polar surface area (TPSA) is 46.6 Å². The second-order valence-corrected chi connectivity index (χ2v) is 4.97. The van der Waals surface area contributed by atoms with Gasteiger partial charge in [0.05, 0.1) is 13.5 Å². The summed E-state index contributed by atoms with van der Waals surface area (Å²) in [6, 6.07) is 8.37. The molecule has 21 heavy (non-hydrogen) atoms. The van der Waals surface area contributed by atoms with Crippen molar-refractivity contribution in [2.24, 2.45) is 0 Å². The molecule has 0 unspecified atom stereocenters. The Morgan fingerprint density at radius 1 is 1.05 bits per heavy atom. The second-order valence-electron chi connectivity index (χ2n) is 4.97. The predicted molar refractivity (Wildman–Crippen MR) is 83.0 cm³/mol. The Labute approximate surface area is 127 Å². The van der Waals surface area contributed by atoms with Crippen LogP contribution in [0.15, 0.2) is 24.3 Å². The molecule has 0 spiro atoms. The number of carbonyl (C=O) groups is 2. The van der Waals surface area contributed by atoms with Crippen molar-refractivity contribution in [3.05, 3.63) is 35.4 Å². The van der Waals surface area contributed by atoms with Crippen LogP contribution in [0, 0.1) is 0 Å². The Morgan fingerprint density at radius 2 is 1.67 bits per heavy atom. The number of esters is 1. The molecule has 0 N–H and O–H groups in total. The molecule has 0 aromatic heterocycles. The summed E-state index contributed by atoms with van der Waals surface area (Å²) in [5, 5.41) is 0. The van der Waals surface area contributed by atoms with E-state index in [0.29, 0.717) is 19.5 Å². The summed E-state index contributed by atoms with van der Waals surface area (Å²) < 4.78 is 4.60. The summed E-state index contributed by atoms with van der Waals surface area (Å²) in [7, 11) is 1.36. The van der Waals surface area contributed by atoms with Crippen LogP contribution in [-0.4, -0.2) is 37.0 Å². The van der Waals surface area contributed by atoms with Gasteiger partial charge < -0.3 is 9.64 Å². The Hall–Kier alpha value is -1.84. The van der Waals surface area contributed by atoms with Crippen molar-refractivity contribution in [3.8, 4) is 0 Å². The number of ether oxygens (including phenoxy) is 1. The summed E-state index contributed by atoms with van der Waals surface area (Å²) in [5.41, 5.74) is 2.47. The van der Waals surface area contributed by atoms with E-state index in [0.717, 1.165) is 12.8 Å². The number of amides is 1. The minimum atomic E-state index is -0.281. The number of benzene rings is 1. The van der Waals surface area contributed by atoms with Gasteiger partial charge >= 0.3 is 5.97 Å². The molecule has 1 rings (SSSR count). The van der Waals surface area contributed by atoms with Gasteiger partial charge in [0.1, 0.15) is 0 Å². The molecule has 0 heterocycles. The fourth-order valence-corrected chi connectivity index (χ4v) is 2.14. The third-order valence-electron chi connectivity index (χ3n) is 3.61. The van der Waals surface area contributed by atoms with Crippen molar-refractivity contribution in [1.29, 1.82) is 0 Å². The van der Waals surface area contributed by atoms with E-state index in [1.165, 1.54) is 18.2 Å². The smallest absolute Gasteiger partial charge is 0.307 e. The van der Waals surface area contributed by atoms with Crippen molar-refractivity contribution in [2.45, 2.75) is 39.5 Å². The summed E-state index contributed by atoms with van der Waals surface area (Å²) in [6.45, 7) is 5.09. The van der Waals surface area contributed by atoms with Crippen LogP contribution in [0.3, 0.4) is 0 Å². The molecule has 0 fully saturated rings. The van der Waals surface area contributed by atoms with Gasteiger partial charge in [0, 0.05) is 19.5 Å². The van der Waals surface area contributed by atoms with Gasteiger partial charge in [-0.3, -0.25) is 9.59 Å². The van der Waals surface area contributed by atoms with E-state index >= 15 is 0 Å². The molecule has 0 saturated carbocycles. The lowest BCUT2D eigenvalue weighted by molar-refractivity contribution is -0.141. The highest BCUT2D eigenvalue weighted by Crippen LogP contribution is 2.09. The molecule has 1 aromatic rings. The molecular formula is C17H25NO3. The number of carbonyl (C=O) groups excluding carboxylic acids is 2. The van der Waals surface area contributed by atoms with Crippen molar-refractivity contribution >= 4 is 11.9 Å². The van der Waals surface area contributed by atoms with Crippen molar-refractivity contribution in [1.82, 2.24) is 4.90 Å². The number of hydrogen-bond donors (Lipinski definition) is 0. The van der Waals surface area contributed by atoms with Gasteiger partial charge in [0.2, 0.25) is 5.91 Å². The minimum Gasteiger partial charge on any atom is -0.469 e. The molecule has 1 aromatic carbocycles. The molecule has 0 bridgehead atoms. The first kappa shape index (κ1) is 17.2. The van der Waals surface area contributed by atoms with Gasteiger partial charge in [-0.2, -0.15) is 0 Å². The minimum absolute atomic E-state index is 0.0842. The van der Waals surface area contributed by atoms with E-state index in [1.807, 2.05) is 6.92 Å². The van der Waals surface area contributed by atoms with Crippen LogP contribution in [-0.2, 0) is 27.2 Å². The van der Waals surface area contributed by atoms with Crippen molar-refractivity contribution < 1.29 is 14.3 Å². The van der Waals surface area contributed by atoms with E-state index in [9.17, 15) is 9.59 Å². The Balaban J connectivity index is 2.44. The Bertz CT molecular complexity index is 454. The van der Waals surface area contributed by atoms with E-state index in [-0.39, 0.29) is 18.3 Å². The highest BCUT2D eigenvalue weighted by molar-refractivity contribution is 5.77. The lowest BCUT2D eigenvalue weighted by Crippen LogP contribution is -2.33. The fourth-order valence-electron chi connectivity index (χ4n) is 2.14. The molecule has 0 radical (unpaired) electrons. The zero-order chi connectivity index (χ0) is 15.7. The molecule has 0 aliphatic heterocycles. The Kier molecular flexibility index (Phi) is 7.51. The van der Waals surface area contributed by atoms with Gasteiger partial charge in [-0.25, -0.2) is 0 Å². The highest BCUT2D eigenvalue weighted by atomic mass is 16.5. The van der Waals surface area contributed by atoms with E-state index in [1.54, 1.807) is 4.90 Å². The van der Waals surface area contributed by atoms with Gasteiger partial charge in [-0.05, 0) is 30.9 Å². The summed E-state index contributed by atoms with van der Waals surface area (Å²) in [5.74, 6) is -0.197. The van der Waals surface area contributed by atoms with Crippen LogP contribution in [0.2, 0.25) is 0 Å². The van der Waals surface area contributed by atoms with Crippen LogP contribution in [0.25, 0.3) is 0 Å². The molecule has 116 valence electrons. The largest absolute Gasteiger partial charge is 0.469 e. The van der Waals surface area contributed by atoms with Crippen LogP contribution in [0.4, 0.5) is 0 Å². The quantitative estimate of drug-likeness (QED) is 0.692. The monoisotopic (exact) mass is 291 g/mol. The standard InChI is InChI=1S/C17H25NO3/c1-4-14-6-8-15(9-7-14)10-11-16(19)18(5-2)13-12-17(20)21-3/h6-9H,4-5,10-13H2,1-3H3. The van der Waals surface area contributed by atoms with E-state index in [2.05, 4.69) is 35.9 Å².